The van der Waals surface area contributed by atoms with Crippen molar-refractivity contribution in [3.8, 4) is 11.5 Å². The highest BCUT2D eigenvalue weighted by atomic mass is 16.5. The van der Waals surface area contributed by atoms with E-state index in [0.717, 1.165) is 17.1 Å². The van der Waals surface area contributed by atoms with E-state index in [1.54, 1.807) is 7.11 Å². The summed E-state index contributed by atoms with van der Waals surface area (Å²) in [7, 11) is 5.61. The van der Waals surface area contributed by atoms with Crippen LogP contribution in [0.25, 0.3) is 0 Å². The number of likely N-dealkylation sites (N-methyl/N-ethyl adjacent to an activating group) is 1. The van der Waals surface area contributed by atoms with Gasteiger partial charge in [0.1, 0.15) is 11.5 Å². The lowest BCUT2D eigenvalue weighted by molar-refractivity contribution is 0.241. The van der Waals surface area contributed by atoms with Crippen LogP contribution in [-0.4, -0.2) is 44.8 Å². The Morgan fingerprint density at radius 1 is 1.07 bits per heavy atom. The van der Waals surface area contributed by atoms with Crippen molar-refractivity contribution in [2.75, 3.05) is 33.1 Å². The quantitative estimate of drug-likeness (QED) is 0.739. The molecule has 0 aliphatic heterocycles. The van der Waals surface area contributed by atoms with Gasteiger partial charge in [0.15, 0.2) is 0 Å². The van der Waals surface area contributed by atoms with Crippen molar-refractivity contribution >= 4 is 11.7 Å². The Hall–Kier alpha value is -2.73. The molecule has 0 spiro atoms. The first kappa shape index (κ1) is 20.6. The van der Waals surface area contributed by atoms with E-state index in [1.807, 2.05) is 76.5 Å². The second-order valence-corrected chi connectivity index (χ2v) is 6.78. The molecule has 6 nitrogen and oxygen atoms in total. The standard InChI is InChI=1S/C21H29N3O3/c1-15(2)27-18-11-9-17(10-12-18)23-21(25)22-14-20(24(3)4)16-7-6-8-19(13-16)26-5/h6-13,15,20H,14H2,1-5H3,(H2,22,23,25). The van der Waals surface area contributed by atoms with Crippen LogP contribution in [0.2, 0.25) is 0 Å². The van der Waals surface area contributed by atoms with Crippen LogP contribution in [0.3, 0.4) is 0 Å². The lowest BCUT2D eigenvalue weighted by Crippen LogP contribution is -2.36. The number of anilines is 1. The molecular formula is C21H29N3O3. The van der Waals surface area contributed by atoms with E-state index in [4.69, 9.17) is 9.47 Å². The Bertz CT molecular complexity index is 730. The Morgan fingerprint density at radius 2 is 1.78 bits per heavy atom. The number of carbonyl (C=O) groups is 1. The largest absolute Gasteiger partial charge is 0.497 e. The maximum Gasteiger partial charge on any atom is 0.319 e. The minimum absolute atomic E-state index is 0.0349. The van der Waals surface area contributed by atoms with Gasteiger partial charge in [0.2, 0.25) is 0 Å². The van der Waals surface area contributed by atoms with Gasteiger partial charge in [-0.05, 0) is 69.9 Å². The third-order valence-electron chi connectivity index (χ3n) is 4.04. The highest BCUT2D eigenvalue weighted by molar-refractivity contribution is 5.89. The summed E-state index contributed by atoms with van der Waals surface area (Å²) < 4.78 is 10.9. The van der Waals surface area contributed by atoms with Gasteiger partial charge in [0, 0.05) is 12.2 Å². The van der Waals surface area contributed by atoms with Crippen LogP contribution in [0.15, 0.2) is 48.5 Å². The van der Waals surface area contributed by atoms with Gasteiger partial charge in [-0.1, -0.05) is 12.1 Å². The molecule has 2 rings (SSSR count). The van der Waals surface area contributed by atoms with Gasteiger partial charge in [-0.2, -0.15) is 0 Å². The van der Waals surface area contributed by atoms with Crippen molar-refractivity contribution in [2.24, 2.45) is 0 Å². The minimum atomic E-state index is -0.248. The van der Waals surface area contributed by atoms with E-state index < -0.39 is 0 Å². The second kappa shape index (κ2) is 9.83. The van der Waals surface area contributed by atoms with Crippen molar-refractivity contribution in [3.63, 3.8) is 0 Å². The summed E-state index contributed by atoms with van der Waals surface area (Å²) in [6.07, 6.45) is 0.117. The first-order chi connectivity index (χ1) is 12.9. The number of carbonyl (C=O) groups excluding carboxylic acids is 1. The highest BCUT2D eigenvalue weighted by Crippen LogP contribution is 2.22. The van der Waals surface area contributed by atoms with Gasteiger partial charge in [-0.15, -0.1) is 0 Å². The first-order valence-corrected chi connectivity index (χ1v) is 9.01. The molecule has 0 aromatic heterocycles. The molecule has 2 amide bonds. The van der Waals surface area contributed by atoms with Crippen LogP contribution >= 0.6 is 0 Å². The highest BCUT2D eigenvalue weighted by Gasteiger charge is 2.16. The molecule has 0 aliphatic rings. The molecule has 2 N–H and O–H groups in total. The van der Waals surface area contributed by atoms with Crippen LogP contribution in [0, 0.1) is 0 Å². The molecule has 1 atom stereocenters. The second-order valence-electron chi connectivity index (χ2n) is 6.78. The fraction of sp³-hybridized carbons (Fsp3) is 0.381. The summed E-state index contributed by atoms with van der Waals surface area (Å²) in [6, 6.07) is 15.0. The van der Waals surface area contributed by atoms with E-state index in [0.29, 0.717) is 12.2 Å². The topological polar surface area (TPSA) is 62.8 Å². The van der Waals surface area contributed by atoms with Gasteiger partial charge in [0.05, 0.1) is 19.3 Å². The zero-order chi connectivity index (χ0) is 19.8. The molecule has 0 radical (unpaired) electrons. The predicted molar refractivity (Wildman–Crippen MR) is 109 cm³/mol. The van der Waals surface area contributed by atoms with Crippen molar-refractivity contribution < 1.29 is 14.3 Å². The number of rotatable bonds is 8. The van der Waals surface area contributed by atoms with Crippen LogP contribution in [0.4, 0.5) is 10.5 Å². The summed E-state index contributed by atoms with van der Waals surface area (Å²) in [5, 5.41) is 5.77. The molecule has 27 heavy (non-hydrogen) atoms. The number of hydrogen-bond acceptors (Lipinski definition) is 4. The Morgan fingerprint density at radius 3 is 2.37 bits per heavy atom. The van der Waals surface area contributed by atoms with Gasteiger partial charge >= 0.3 is 6.03 Å². The Kier molecular flexibility index (Phi) is 7.49. The summed E-state index contributed by atoms with van der Waals surface area (Å²) >= 11 is 0. The molecule has 0 saturated heterocycles. The van der Waals surface area contributed by atoms with E-state index in [2.05, 4.69) is 15.5 Å². The number of hydrogen-bond donors (Lipinski definition) is 2. The molecule has 2 aromatic carbocycles. The number of nitrogens with one attached hydrogen (secondary N) is 2. The van der Waals surface area contributed by atoms with Crippen LogP contribution in [0.5, 0.6) is 11.5 Å². The van der Waals surface area contributed by atoms with Crippen molar-refractivity contribution in [1.29, 1.82) is 0 Å². The zero-order valence-electron chi connectivity index (χ0n) is 16.7. The number of amides is 2. The molecule has 0 fully saturated rings. The summed E-state index contributed by atoms with van der Waals surface area (Å²) in [4.78, 5) is 14.3. The van der Waals surface area contributed by atoms with Crippen LogP contribution in [-0.2, 0) is 0 Å². The van der Waals surface area contributed by atoms with Crippen LogP contribution in [0.1, 0.15) is 25.5 Å². The van der Waals surface area contributed by atoms with Gasteiger partial charge in [-0.25, -0.2) is 4.79 Å². The smallest absolute Gasteiger partial charge is 0.319 e. The lowest BCUT2D eigenvalue weighted by Gasteiger charge is -2.25. The van der Waals surface area contributed by atoms with Gasteiger partial charge < -0.3 is 25.0 Å². The zero-order valence-corrected chi connectivity index (χ0v) is 16.7. The van der Waals surface area contributed by atoms with E-state index in [1.165, 1.54) is 0 Å². The monoisotopic (exact) mass is 371 g/mol. The van der Waals surface area contributed by atoms with E-state index in [9.17, 15) is 4.79 Å². The molecular weight excluding hydrogens is 342 g/mol. The van der Waals surface area contributed by atoms with Crippen LogP contribution < -0.4 is 20.1 Å². The maximum atomic E-state index is 12.3. The molecule has 146 valence electrons. The molecule has 6 heteroatoms. The third-order valence-corrected chi connectivity index (χ3v) is 4.04. The van der Waals surface area contributed by atoms with Gasteiger partial charge in [0.25, 0.3) is 0 Å². The lowest BCUT2D eigenvalue weighted by atomic mass is 10.1. The predicted octanol–water partition coefficient (Wildman–Crippen LogP) is 3.91. The minimum Gasteiger partial charge on any atom is -0.497 e. The number of urea groups is 1. The number of benzene rings is 2. The third kappa shape index (κ3) is 6.49. The number of nitrogens with zero attached hydrogens (tertiary/aromatic N) is 1. The fourth-order valence-corrected chi connectivity index (χ4v) is 2.70. The van der Waals surface area contributed by atoms with Gasteiger partial charge in [-0.3, -0.25) is 0 Å². The molecule has 0 bridgehead atoms. The average molecular weight is 371 g/mol. The van der Waals surface area contributed by atoms with E-state index >= 15 is 0 Å². The Labute approximate surface area is 161 Å². The SMILES string of the molecule is COc1cccc(C(CNC(=O)Nc2ccc(OC(C)C)cc2)N(C)C)c1. The normalized spacial score (nSPS) is 12.0. The number of methoxy groups -OCH3 is 1. The molecule has 0 saturated carbocycles. The Balaban J connectivity index is 1.93. The summed E-state index contributed by atoms with van der Waals surface area (Å²) in [5.41, 5.74) is 1.79. The maximum absolute atomic E-state index is 12.3. The van der Waals surface area contributed by atoms with E-state index in [-0.39, 0.29) is 18.2 Å². The molecule has 0 heterocycles. The van der Waals surface area contributed by atoms with Crippen molar-refractivity contribution in [1.82, 2.24) is 10.2 Å². The van der Waals surface area contributed by atoms with Crippen molar-refractivity contribution in [2.45, 2.75) is 26.0 Å². The fourth-order valence-electron chi connectivity index (χ4n) is 2.70. The summed E-state index contributed by atoms with van der Waals surface area (Å²) in [6.45, 7) is 4.42. The number of ether oxygens (including phenoxy) is 2. The molecule has 2 aromatic rings. The average Bonchev–Trinajstić information content (AvgIpc) is 2.63. The first-order valence-electron chi connectivity index (χ1n) is 9.01. The molecule has 0 aliphatic carbocycles. The molecule has 1 unspecified atom stereocenters. The summed E-state index contributed by atoms with van der Waals surface area (Å²) in [5.74, 6) is 1.58. The van der Waals surface area contributed by atoms with Crippen molar-refractivity contribution in [3.05, 3.63) is 54.1 Å².